The molecule has 1 N–H and O–H groups in total. The fraction of sp³-hybridized carbons (Fsp3) is 0.609. The molecule has 180 valence electrons. The van der Waals surface area contributed by atoms with E-state index in [2.05, 4.69) is 15.0 Å². The molecule has 0 atom stereocenters. The number of carbonyl (C=O) groups is 2. The number of piperidine rings is 2. The molecule has 2 amide bonds. The number of rotatable bonds is 4. The van der Waals surface area contributed by atoms with Crippen molar-refractivity contribution in [3.05, 3.63) is 34.2 Å². The van der Waals surface area contributed by atoms with Crippen LogP contribution in [0.3, 0.4) is 0 Å². The van der Waals surface area contributed by atoms with Crippen LogP contribution in [0.2, 0.25) is 0 Å². The Labute approximate surface area is 193 Å². The van der Waals surface area contributed by atoms with Crippen molar-refractivity contribution in [2.75, 3.05) is 40.4 Å². The third-order valence-electron chi connectivity index (χ3n) is 7.07. The quantitative estimate of drug-likeness (QED) is 0.752. The Hall–Kier alpha value is -3.01. The minimum absolute atomic E-state index is 0.0274. The number of carbonyl (C=O) groups excluding carboxylic acids is 2. The van der Waals surface area contributed by atoms with E-state index in [1.807, 2.05) is 22.8 Å². The summed E-state index contributed by atoms with van der Waals surface area (Å²) in [5.74, 6) is 0. The molecule has 1 aromatic carbocycles. The van der Waals surface area contributed by atoms with E-state index in [4.69, 9.17) is 4.74 Å². The van der Waals surface area contributed by atoms with Crippen LogP contribution < -0.4 is 11.0 Å². The predicted octanol–water partition coefficient (Wildman–Crippen LogP) is 2.06. The average molecular weight is 460 g/mol. The van der Waals surface area contributed by atoms with Crippen LogP contribution in [0.4, 0.5) is 9.59 Å². The Morgan fingerprint density at radius 1 is 1.00 bits per heavy atom. The molecule has 10 nitrogen and oxygen atoms in total. The first-order valence-electron chi connectivity index (χ1n) is 11.5. The summed E-state index contributed by atoms with van der Waals surface area (Å²) < 4.78 is 13.1. The maximum absolute atomic E-state index is 13.2. The van der Waals surface area contributed by atoms with Crippen LogP contribution >= 0.6 is 0 Å². The smallest absolute Gasteiger partial charge is 0.409 e. The third-order valence-corrected chi connectivity index (χ3v) is 7.07. The van der Waals surface area contributed by atoms with E-state index < -0.39 is 6.09 Å². The lowest BCUT2D eigenvalue weighted by molar-refractivity contribution is 0.0686. The van der Waals surface area contributed by atoms with Crippen molar-refractivity contribution in [1.82, 2.24) is 24.3 Å². The highest BCUT2D eigenvalue weighted by atomic mass is 16.5. The fourth-order valence-electron chi connectivity index (χ4n) is 5.31. The minimum Gasteiger partial charge on any atom is -0.453 e. The number of methoxy groups -OCH3 is 2. The van der Waals surface area contributed by atoms with Crippen molar-refractivity contribution in [3.63, 3.8) is 0 Å². The molecule has 2 fully saturated rings. The first-order chi connectivity index (χ1) is 15.9. The predicted molar refractivity (Wildman–Crippen MR) is 123 cm³/mol. The summed E-state index contributed by atoms with van der Waals surface area (Å²) in [4.78, 5) is 40.7. The molecule has 4 rings (SSSR count). The number of aryl methyl sites for hydroxylation is 1. The zero-order valence-corrected chi connectivity index (χ0v) is 19.6. The summed E-state index contributed by atoms with van der Waals surface area (Å²) in [6.45, 7) is 3.61. The van der Waals surface area contributed by atoms with Crippen LogP contribution in [0.1, 0.15) is 37.3 Å². The van der Waals surface area contributed by atoms with E-state index in [1.165, 1.54) is 14.2 Å². The van der Waals surface area contributed by atoms with Crippen molar-refractivity contribution in [3.8, 4) is 0 Å². The van der Waals surface area contributed by atoms with Gasteiger partial charge in [0.05, 0.1) is 25.3 Å². The first-order valence-corrected chi connectivity index (χ1v) is 11.5. The summed E-state index contributed by atoms with van der Waals surface area (Å²) >= 11 is 0. The largest absolute Gasteiger partial charge is 0.453 e. The summed E-state index contributed by atoms with van der Waals surface area (Å²) in [7, 11) is 4.54. The van der Waals surface area contributed by atoms with Gasteiger partial charge in [-0.15, -0.1) is 0 Å². The van der Waals surface area contributed by atoms with Crippen molar-refractivity contribution < 1.29 is 19.1 Å². The van der Waals surface area contributed by atoms with E-state index in [0.717, 1.165) is 68.5 Å². The van der Waals surface area contributed by atoms with Gasteiger partial charge in [-0.1, -0.05) is 12.1 Å². The molecule has 0 radical (unpaired) electrons. The van der Waals surface area contributed by atoms with Gasteiger partial charge in [-0.2, -0.15) is 0 Å². The highest BCUT2D eigenvalue weighted by Crippen LogP contribution is 2.29. The Morgan fingerprint density at radius 2 is 1.67 bits per heavy atom. The molecule has 3 heterocycles. The van der Waals surface area contributed by atoms with Gasteiger partial charge in [-0.3, -0.25) is 9.13 Å². The van der Waals surface area contributed by atoms with Gasteiger partial charge in [0.2, 0.25) is 0 Å². The average Bonchev–Trinajstić information content (AvgIpc) is 3.12. The topological polar surface area (TPSA) is 98.0 Å². The summed E-state index contributed by atoms with van der Waals surface area (Å²) in [6, 6.07) is 6.43. The van der Waals surface area contributed by atoms with E-state index in [1.54, 1.807) is 16.5 Å². The second-order valence-corrected chi connectivity index (χ2v) is 8.80. The van der Waals surface area contributed by atoms with E-state index in [0.29, 0.717) is 12.6 Å². The lowest BCUT2D eigenvalue weighted by Crippen LogP contribution is -2.49. The van der Waals surface area contributed by atoms with Gasteiger partial charge < -0.3 is 24.6 Å². The van der Waals surface area contributed by atoms with E-state index in [9.17, 15) is 14.4 Å². The Kier molecular flexibility index (Phi) is 6.92. The number of nitrogens with zero attached hydrogens (tertiary/aromatic N) is 4. The maximum atomic E-state index is 13.2. The molecule has 0 saturated carbocycles. The molecule has 0 bridgehead atoms. The monoisotopic (exact) mass is 459 g/mol. The maximum Gasteiger partial charge on any atom is 0.409 e. The number of fused-ring (bicyclic) bond motifs is 1. The zero-order valence-electron chi connectivity index (χ0n) is 19.6. The number of hydrogen-bond donors (Lipinski definition) is 1. The highest BCUT2D eigenvalue weighted by molar-refractivity contribution is 5.80. The molecule has 2 aliphatic rings. The Balaban J connectivity index is 1.45. The second-order valence-electron chi connectivity index (χ2n) is 8.80. The van der Waals surface area contributed by atoms with E-state index >= 15 is 0 Å². The molecule has 0 unspecified atom stereocenters. The lowest BCUT2D eigenvalue weighted by atomic mass is 9.97. The molecule has 2 saturated heterocycles. The fourth-order valence-corrected chi connectivity index (χ4v) is 5.31. The molecule has 33 heavy (non-hydrogen) atoms. The number of nitrogens with one attached hydrogen (secondary N) is 1. The number of aromatic nitrogens is 2. The van der Waals surface area contributed by atoms with Crippen LogP contribution in [0.5, 0.6) is 0 Å². The highest BCUT2D eigenvalue weighted by Gasteiger charge is 2.31. The number of benzene rings is 1. The van der Waals surface area contributed by atoms with Gasteiger partial charge >= 0.3 is 17.9 Å². The number of hydrogen-bond acceptors (Lipinski definition) is 6. The van der Waals surface area contributed by atoms with Gasteiger partial charge in [-0.05, 0) is 37.3 Å². The number of ether oxygens (including phenoxy) is 2. The van der Waals surface area contributed by atoms with E-state index in [-0.39, 0.29) is 17.8 Å². The molecule has 10 heteroatoms. The second kappa shape index (κ2) is 9.86. The third kappa shape index (κ3) is 4.57. The number of likely N-dealkylation sites (tertiary alicyclic amines) is 2. The van der Waals surface area contributed by atoms with Crippen molar-refractivity contribution in [2.45, 2.75) is 44.3 Å². The number of alkyl carbamates (subject to hydrolysis) is 1. The molecule has 0 aliphatic carbocycles. The van der Waals surface area contributed by atoms with Crippen molar-refractivity contribution >= 4 is 23.2 Å². The number of imidazole rings is 1. The van der Waals surface area contributed by atoms with Crippen LogP contribution in [0.25, 0.3) is 11.0 Å². The summed E-state index contributed by atoms with van der Waals surface area (Å²) in [5, 5.41) is 2.71. The first kappa shape index (κ1) is 23.2. The SMILES string of the molecule is COC(=O)NCc1cccc2c1n(C)c(=O)n2C1CCN(C2CCN(C(=O)OC)CC2)CC1. The Bertz CT molecular complexity index is 1060. The molecular weight excluding hydrogens is 426 g/mol. The van der Waals surface area contributed by atoms with Gasteiger partial charge in [0.25, 0.3) is 0 Å². The molecule has 1 aromatic heterocycles. The van der Waals surface area contributed by atoms with Crippen molar-refractivity contribution in [1.29, 1.82) is 0 Å². The summed E-state index contributed by atoms with van der Waals surface area (Å²) in [5.41, 5.74) is 2.60. The van der Waals surface area contributed by atoms with Crippen molar-refractivity contribution in [2.24, 2.45) is 7.05 Å². The van der Waals surface area contributed by atoms with Crippen LogP contribution in [-0.4, -0.2) is 77.6 Å². The normalized spacial score (nSPS) is 18.5. The number of para-hydroxylation sites is 1. The van der Waals surface area contributed by atoms with Gasteiger partial charge in [0, 0.05) is 51.9 Å². The lowest BCUT2D eigenvalue weighted by Gasteiger charge is -2.41. The molecule has 2 aliphatic heterocycles. The van der Waals surface area contributed by atoms with Gasteiger partial charge in [0.15, 0.2) is 0 Å². The number of amides is 2. The van der Waals surface area contributed by atoms with Crippen LogP contribution in [0.15, 0.2) is 23.0 Å². The standard InChI is InChI=1S/C23H33N5O5/c1-25-20-16(15-24-21(29)32-2)5-4-6-19(20)28(22(25)30)18-9-11-26(12-10-18)17-7-13-27(14-8-17)23(31)33-3/h4-6,17-18H,7-15H2,1-3H3,(H,24,29). The molecule has 2 aromatic rings. The van der Waals surface area contributed by atoms with Crippen LogP contribution in [-0.2, 0) is 23.1 Å². The molecule has 0 spiro atoms. The zero-order chi connectivity index (χ0) is 23.5. The summed E-state index contributed by atoms with van der Waals surface area (Å²) in [6.07, 6.45) is 2.96. The van der Waals surface area contributed by atoms with Crippen LogP contribution in [0, 0.1) is 0 Å². The minimum atomic E-state index is -0.499. The van der Waals surface area contributed by atoms with Gasteiger partial charge in [0.1, 0.15) is 0 Å². The molecular formula is C23H33N5O5. The Morgan fingerprint density at radius 3 is 2.30 bits per heavy atom. The van der Waals surface area contributed by atoms with Gasteiger partial charge in [-0.25, -0.2) is 14.4 Å².